The van der Waals surface area contributed by atoms with E-state index >= 15 is 0 Å². The highest BCUT2D eigenvalue weighted by Gasteiger charge is 2.15. The minimum atomic E-state index is 0.328. The SMILES string of the molecule is CCN(CCCCC(C)(C)CN)C(C)C. The molecule has 0 amide bonds. The minimum absolute atomic E-state index is 0.328. The molecule has 0 rings (SSSR count). The van der Waals surface area contributed by atoms with Crippen molar-refractivity contribution in [2.24, 2.45) is 11.1 Å². The fraction of sp³-hybridized carbons (Fsp3) is 1.00. The van der Waals surface area contributed by atoms with Gasteiger partial charge in [0, 0.05) is 6.04 Å². The van der Waals surface area contributed by atoms with Gasteiger partial charge < -0.3 is 10.6 Å². The van der Waals surface area contributed by atoms with Crippen LogP contribution in [-0.2, 0) is 0 Å². The van der Waals surface area contributed by atoms with Crippen molar-refractivity contribution in [2.75, 3.05) is 19.6 Å². The molecule has 0 aliphatic rings. The molecule has 0 bridgehead atoms. The molecule has 0 atom stereocenters. The Bertz CT molecular complexity index is 153. The maximum Gasteiger partial charge on any atom is 0.00384 e. The maximum atomic E-state index is 5.71. The van der Waals surface area contributed by atoms with Crippen molar-refractivity contribution < 1.29 is 0 Å². The number of hydrogen-bond acceptors (Lipinski definition) is 2. The van der Waals surface area contributed by atoms with Gasteiger partial charge in [0.25, 0.3) is 0 Å². The van der Waals surface area contributed by atoms with Crippen molar-refractivity contribution in [1.82, 2.24) is 4.90 Å². The minimum Gasteiger partial charge on any atom is -0.330 e. The van der Waals surface area contributed by atoms with Gasteiger partial charge in [0.15, 0.2) is 0 Å². The van der Waals surface area contributed by atoms with Gasteiger partial charge in [-0.05, 0) is 51.7 Å². The molecule has 0 saturated carbocycles. The second-order valence-electron chi connectivity index (χ2n) is 5.55. The molecule has 0 aromatic carbocycles. The van der Waals surface area contributed by atoms with E-state index < -0.39 is 0 Å². The third-order valence-electron chi connectivity index (χ3n) is 3.24. The highest BCUT2D eigenvalue weighted by Crippen LogP contribution is 2.21. The Balaban J connectivity index is 3.61. The van der Waals surface area contributed by atoms with Gasteiger partial charge in [0.05, 0.1) is 0 Å². The summed E-state index contributed by atoms with van der Waals surface area (Å²) in [6, 6.07) is 0.678. The third-order valence-corrected chi connectivity index (χ3v) is 3.24. The number of hydrogen-bond donors (Lipinski definition) is 1. The third kappa shape index (κ3) is 6.91. The zero-order valence-electron chi connectivity index (χ0n) is 11.3. The van der Waals surface area contributed by atoms with E-state index in [0.29, 0.717) is 11.5 Å². The molecule has 2 heteroatoms. The van der Waals surface area contributed by atoms with Crippen LogP contribution in [0.1, 0.15) is 53.9 Å². The molecular weight excluding hydrogens is 184 g/mol. The lowest BCUT2D eigenvalue weighted by Gasteiger charge is -2.26. The summed E-state index contributed by atoms with van der Waals surface area (Å²) in [4.78, 5) is 2.52. The largest absolute Gasteiger partial charge is 0.330 e. The van der Waals surface area contributed by atoms with E-state index in [-0.39, 0.29) is 0 Å². The van der Waals surface area contributed by atoms with Crippen LogP contribution in [0.15, 0.2) is 0 Å². The monoisotopic (exact) mass is 214 g/mol. The summed E-state index contributed by atoms with van der Waals surface area (Å²) in [6.07, 6.45) is 3.85. The summed E-state index contributed by atoms with van der Waals surface area (Å²) in [6.45, 7) is 14.5. The number of nitrogens with two attached hydrogens (primary N) is 1. The lowest BCUT2D eigenvalue weighted by Crippen LogP contribution is -2.31. The first kappa shape index (κ1) is 14.9. The van der Waals surface area contributed by atoms with Crippen LogP contribution in [0.5, 0.6) is 0 Å². The summed E-state index contributed by atoms with van der Waals surface area (Å²) >= 11 is 0. The second-order valence-corrected chi connectivity index (χ2v) is 5.55. The molecule has 0 aliphatic carbocycles. The van der Waals surface area contributed by atoms with Crippen LogP contribution in [0, 0.1) is 5.41 Å². The molecule has 0 saturated heterocycles. The highest BCUT2D eigenvalue weighted by atomic mass is 15.1. The van der Waals surface area contributed by atoms with Crippen LogP contribution in [0.25, 0.3) is 0 Å². The lowest BCUT2D eigenvalue weighted by atomic mass is 9.87. The smallest absolute Gasteiger partial charge is 0.00384 e. The van der Waals surface area contributed by atoms with E-state index in [2.05, 4.69) is 39.5 Å². The first-order valence-electron chi connectivity index (χ1n) is 6.37. The van der Waals surface area contributed by atoms with E-state index in [1.807, 2.05) is 0 Å². The molecule has 0 fully saturated rings. The van der Waals surface area contributed by atoms with Gasteiger partial charge in [-0.3, -0.25) is 0 Å². The topological polar surface area (TPSA) is 29.3 Å². The average Bonchev–Trinajstić information content (AvgIpc) is 2.17. The molecule has 0 aromatic heterocycles. The summed E-state index contributed by atoms with van der Waals surface area (Å²) in [5.41, 5.74) is 6.04. The molecule has 92 valence electrons. The molecule has 0 heterocycles. The van der Waals surface area contributed by atoms with Gasteiger partial charge in [-0.2, -0.15) is 0 Å². The van der Waals surface area contributed by atoms with Crippen molar-refractivity contribution in [1.29, 1.82) is 0 Å². The fourth-order valence-corrected chi connectivity index (χ4v) is 1.80. The van der Waals surface area contributed by atoms with Crippen LogP contribution in [0.4, 0.5) is 0 Å². The normalized spacial score (nSPS) is 12.8. The molecule has 0 radical (unpaired) electrons. The standard InChI is InChI=1S/C13H30N2/c1-6-15(12(2)3)10-8-7-9-13(4,5)11-14/h12H,6-11,14H2,1-5H3. The maximum absolute atomic E-state index is 5.71. The van der Waals surface area contributed by atoms with E-state index in [1.54, 1.807) is 0 Å². The van der Waals surface area contributed by atoms with Crippen LogP contribution < -0.4 is 5.73 Å². The number of rotatable bonds is 8. The molecule has 2 nitrogen and oxygen atoms in total. The van der Waals surface area contributed by atoms with Gasteiger partial charge in [-0.1, -0.05) is 27.2 Å². The van der Waals surface area contributed by atoms with Crippen molar-refractivity contribution >= 4 is 0 Å². The Morgan fingerprint density at radius 1 is 1.20 bits per heavy atom. The van der Waals surface area contributed by atoms with Crippen molar-refractivity contribution in [3.05, 3.63) is 0 Å². The zero-order chi connectivity index (χ0) is 11.9. The summed E-state index contributed by atoms with van der Waals surface area (Å²) in [7, 11) is 0. The summed E-state index contributed by atoms with van der Waals surface area (Å²) in [5.74, 6) is 0. The zero-order valence-corrected chi connectivity index (χ0v) is 11.3. The molecule has 0 unspecified atom stereocenters. The Hall–Kier alpha value is -0.0800. The van der Waals surface area contributed by atoms with E-state index in [4.69, 9.17) is 5.73 Å². The van der Waals surface area contributed by atoms with Crippen LogP contribution >= 0.6 is 0 Å². The molecular formula is C13H30N2. The van der Waals surface area contributed by atoms with Crippen LogP contribution in [-0.4, -0.2) is 30.6 Å². The molecule has 2 N–H and O–H groups in total. The van der Waals surface area contributed by atoms with Gasteiger partial charge >= 0.3 is 0 Å². The molecule has 0 aliphatic heterocycles. The Morgan fingerprint density at radius 2 is 1.80 bits per heavy atom. The Kier molecular flexibility index (Phi) is 7.20. The van der Waals surface area contributed by atoms with E-state index in [0.717, 1.165) is 13.1 Å². The van der Waals surface area contributed by atoms with Crippen molar-refractivity contribution in [3.8, 4) is 0 Å². The second kappa shape index (κ2) is 7.24. The van der Waals surface area contributed by atoms with Crippen LogP contribution in [0.2, 0.25) is 0 Å². The Labute approximate surface area is 96.2 Å². The molecule has 0 spiro atoms. The van der Waals surface area contributed by atoms with Gasteiger partial charge in [-0.25, -0.2) is 0 Å². The number of unbranched alkanes of at least 4 members (excludes halogenated alkanes) is 1. The van der Waals surface area contributed by atoms with Crippen molar-refractivity contribution in [3.63, 3.8) is 0 Å². The van der Waals surface area contributed by atoms with Gasteiger partial charge in [-0.15, -0.1) is 0 Å². The molecule has 0 aromatic rings. The van der Waals surface area contributed by atoms with E-state index in [9.17, 15) is 0 Å². The van der Waals surface area contributed by atoms with Gasteiger partial charge in [0.2, 0.25) is 0 Å². The highest BCUT2D eigenvalue weighted by molar-refractivity contribution is 4.69. The summed E-state index contributed by atoms with van der Waals surface area (Å²) < 4.78 is 0. The quantitative estimate of drug-likeness (QED) is 0.630. The van der Waals surface area contributed by atoms with Gasteiger partial charge in [0.1, 0.15) is 0 Å². The van der Waals surface area contributed by atoms with Crippen molar-refractivity contribution in [2.45, 2.75) is 59.9 Å². The molecule has 15 heavy (non-hydrogen) atoms. The first-order valence-corrected chi connectivity index (χ1v) is 6.37. The average molecular weight is 214 g/mol. The predicted molar refractivity (Wildman–Crippen MR) is 69.1 cm³/mol. The first-order chi connectivity index (χ1) is 6.93. The Morgan fingerprint density at radius 3 is 2.20 bits per heavy atom. The van der Waals surface area contributed by atoms with Crippen LogP contribution in [0.3, 0.4) is 0 Å². The number of nitrogens with zero attached hydrogens (tertiary/aromatic N) is 1. The predicted octanol–water partition coefficient (Wildman–Crippen LogP) is 2.87. The fourth-order valence-electron chi connectivity index (χ4n) is 1.80. The summed E-state index contributed by atoms with van der Waals surface area (Å²) in [5, 5.41) is 0. The van der Waals surface area contributed by atoms with E-state index in [1.165, 1.54) is 25.8 Å². The lowest BCUT2D eigenvalue weighted by molar-refractivity contribution is 0.222.